The maximum atomic E-state index is 10.9. The van der Waals surface area contributed by atoms with Gasteiger partial charge in [-0.25, -0.2) is 0 Å². The van der Waals surface area contributed by atoms with Crippen LogP contribution in [0, 0.1) is 24.0 Å². The van der Waals surface area contributed by atoms with E-state index in [0.717, 1.165) is 6.21 Å². The Morgan fingerprint density at radius 1 is 1.50 bits per heavy atom. The van der Waals surface area contributed by atoms with Gasteiger partial charge in [-0.2, -0.15) is 5.10 Å². The van der Waals surface area contributed by atoms with Gasteiger partial charge < -0.3 is 16.6 Å². The second kappa shape index (κ2) is 5.13. The smallest absolute Gasteiger partial charge is 0.314 e. The van der Waals surface area contributed by atoms with Crippen molar-refractivity contribution >= 4 is 17.9 Å². The normalized spacial score (nSPS) is 10.6. The van der Waals surface area contributed by atoms with Crippen LogP contribution >= 0.6 is 0 Å². The van der Waals surface area contributed by atoms with E-state index in [0.29, 0.717) is 11.1 Å². The highest BCUT2D eigenvalue weighted by Gasteiger charge is 2.21. The van der Waals surface area contributed by atoms with E-state index in [4.69, 9.17) is 11.5 Å². The van der Waals surface area contributed by atoms with Crippen molar-refractivity contribution in [3.05, 3.63) is 32.9 Å². The topological polar surface area (TPSA) is 140 Å². The van der Waals surface area contributed by atoms with Crippen LogP contribution in [0.4, 0.5) is 5.69 Å². The molecule has 0 spiro atoms. The summed E-state index contributed by atoms with van der Waals surface area (Å²) in [6.07, 6.45) is 1.15. The summed E-state index contributed by atoms with van der Waals surface area (Å²) in [4.78, 5) is 10.2. The Balaban J connectivity index is 3.35. The van der Waals surface area contributed by atoms with Crippen molar-refractivity contribution in [2.75, 3.05) is 0 Å². The van der Waals surface area contributed by atoms with Crippen molar-refractivity contribution in [2.24, 2.45) is 21.7 Å². The lowest BCUT2D eigenvalue weighted by Gasteiger charge is -2.06. The molecule has 0 saturated heterocycles. The van der Waals surface area contributed by atoms with Gasteiger partial charge in [0.25, 0.3) is 0 Å². The van der Waals surface area contributed by atoms with Crippen molar-refractivity contribution in [3.63, 3.8) is 0 Å². The summed E-state index contributed by atoms with van der Waals surface area (Å²) in [6.45, 7) is 3.25. The predicted octanol–water partition coefficient (Wildman–Crippen LogP) is 0.525. The summed E-state index contributed by atoms with van der Waals surface area (Å²) in [5, 5.41) is 27.5. The number of benzene rings is 1. The maximum absolute atomic E-state index is 10.9. The maximum Gasteiger partial charge on any atom is 0.314 e. The molecule has 0 radical (unpaired) electrons. The molecule has 8 heteroatoms. The minimum atomic E-state index is -0.643. The molecule has 0 aromatic heterocycles. The molecule has 0 saturated carbocycles. The molecule has 5 N–H and O–H groups in total. The van der Waals surface area contributed by atoms with Crippen molar-refractivity contribution in [3.8, 4) is 5.75 Å². The van der Waals surface area contributed by atoms with Gasteiger partial charge in [-0.05, 0) is 25.5 Å². The Kier molecular flexibility index (Phi) is 3.82. The van der Waals surface area contributed by atoms with Crippen LogP contribution in [-0.2, 0) is 0 Å². The van der Waals surface area contributed by atoms with E-state index in [-0.39, 0.29) is 17.2 Å². The molecule has 96 valence electrons. The van der Waals surface area contributed by atoms with Crippen LogP contribution in [0.5, 0.6) is 5.75 Å². The van der Waals surface area contributed by atoms with E-state index in [2.05, 4.69) is 10.2 Å². The van der Waals surface area contributed by atoms with Crippen molar-refractivity contribution in [1.82, 2.24) is 0 Å². The number of hydrogen-bond acceptors (Lipinski definition) is 5. The van der Waals surface area contributed by atoms with Gasteiger partial charge in [0.2, 0.25) is 11.7 Å². The molecule has 8 nitrogen and oxygen atoms in total. The van der Waals surface area contributed by atoms with Crippen molar-refractivity contribution < 1.29 is 10.0 Å². The van der Waals surface area contributed by atoms with E-state index >= 15 is 0 Å². The molecule has 0 heterocycles. The number of guanidine groups is 1. The number of aromatic hydroxyl groups is 1. The average molecular weight is 251 g/mol. The van der Waals surface area contributed by atoms with Crippen molar-refractivity contribution in [1.29, 1.82) is 0 Å². The molecular formula is C10H13N5O3. The number of aryl methyl sites for hydroxylation is 1. The molecule has 0 aliphatic rings. The van der Waals surface area contributed by atoms with Crippen LogP contribution in [0.15, 0.2) is 16.3 Å². The largest absolute Gasteiger partial charge is 0.502 e. The van der Waals surface area contributed by atoms with Gasteiger partial charge in [0.15, 0.2) is 0 Å². The van der Waals surface area contributed by atoms with Gasteiger partial charge in [-0.15, -0.1) is 5.10 Å². The molecule has 0 atom stereocenters. The number of nitrogens with zero attached hydrogens (tertiary/aromatic N) is 3. The molecule has 18 heavy (non-hydrogen) atoms. The lowest BCUT2D eigenvalue weighted by atomic mass is 10.0. The molecule has 0 aliphatic heterocycles. The number of nitro benzene ring substituents is 1. The fourth-order valence-electron chi connectivity index (χ4n) is 1.39. The Morgan fingerprint density at radius 2 is 2.11 bits per heavy atom. The van der Waals surface area contributed by atoms with E-state index in [1.165, 1.54) is 0 Å². The second-order valence-electron chi connectivity index (χ2n) is 3.63. The van der Waals surface area contributed by atoms with E-state index in [1.54, 1.807) is 19.9 Å². The molecule has 1 aromatic carbocycles. The van der Waals surface area contributed by atoms with Crippen LogP contribution in [-0.4, -0.2) is 22.2 Å². The minimum Gasteiger partial charge on any atom is -0.502 e. The second-order valence-corrected chi connectivity index (χ2v) is 3.63. The summed E-state index contributed by atoms with van der Waals surface area (Å²) < 4.78 is 0. The summed E-state index contributed by atoms with van der Waals surface area (Å²) in [7, 11) is 0. The number of nitrogens with two attached hydrogens (primary N) is 2. The zero-order chi connectivity index (χ0) is 13.9. The van der Waals surface area contributed by atoms with Crippen LogP contribution in [0.1, 0.15) is 16.7 Å². The first-order valence-electron chi connectivity index (χ1n) is 4.94. The van der Waals surface area contributed by atoms with Gasteiger partial charge in [0.05, 0.1) is 11.1 Å². The number of nitro groups is 1. The summed E-state index contributed by atoms with van der Waals surface area (Å²) in [6, 6.07) is 1.56. The molecule has 0 bridgehead atoms. The van der Waals surface area contributed by atoms with E-state index < -0.39 is 10.7 Å². The zero-order valence-electron chi connectivity index (χ0n) is 9.91. The third-order valence-electron chi connectivity index (χ3n) is 2.37. The summed E-state index contributed by atoms with van der Waals surface area (Å²) >= 11 is 0. The van der Waals surface area contributed by atoms with Gasteiger partial charge in [0.1, 0.15) is 0 Å². The van der Waals surface area contributed by atoms with Crippen molar-refractivity contribution in [2.45, 2.75) is 13.8 Å². The average Bonchev–Trinajstić information content (AvgIpc) is 2.24. The summed E-state index contributed by atoms with van der Waals surface area (Å²) in [5.74, 6) is -0.707. The highest BCUT2D eigenvalue weighted by Crippen LogP contribution is 2.34. The van der Waals surface area contributed by atoms with Crippen LogP contribution in [0.2, 0.25) is 0 Å². The molecule has 0 aliphatic carbocycles. The lowest BCUT2D eigenvalue weighted by Crippen LogP contribution is -2.21. The highest BCUT2D eigenvalue weighted by atomic mass is 16.6. The third-order valence-corrected chi connectivity index (χ3v) is 2.37. The fourth-order valence-corrected chi connectivity index (χ4v) is 1.39. The Bertz CT molecular complexity index is 547. The van der Waals surface area contributed by atoms with E-state index in [1.807, 2.05) is 0 Å². The molecular weight excluding hydrogens is 238 g/mol. The SMILES string of the molecule is Cc1cc(C=NN=C(N)N)c(O)c([N+](=O)[O-])c1C. The summed E-state index contributed by atoms with van der Waals surface area (Å²) in [5.41, 5.74) is 11.0. The van der Waals surface area contributed by atoms with Gasteiger partial charge >= 0.3 is 5.69 Å². The lowest BCUT2D eigenvalue weighted by molar-refractivity contribution is -0.386. The first-order chi connectivity index (χ1) is 8.34. The number of rotatable bonds is 3. The first kappa shape index (κ1) is 13.4. The standard InChI is InChI=1S/C10H13N5O3/c1-5-3-7(4-13-14-10(11)12)9(16)8(6(5)2)15(17)18/h3-4,16H,1-2H3,(H4,11,12,14). The zero-order valence-corrected chi connectivity index (χ0v) is 9.91. The van der Waals surface area contributed by atoms with Gasteiger partial charge in [0, 0.05) is 11.1 Å². The molecule has 0 fully saturated rings. The predicted molar refractivity (Wildman–Crippen MR) is 67.6 cm³/mol. The van der Waals surface area contributed by atoms with Gasteiger partial charge in [-0.1, -0.05) is 0 Å². The van der Waals surface area contributed by atoms with Crippen LogP contribution in [0.25, 0.3) is 0 Å². The number of phenols is 1. The minimum absolute atomic E-state index is 0.176. The quantitative estimate of drug-likeness (QED) is 0.311. The number of hydrogen-bond donors (Lipinski definition) is 3. The fraction of sp³-hybridized carbons (Fsp3) is 0.200. The highest BCUT2D eigenvalue weighted by molar-refractivity contribution is 5.87. The molecule has 0 amide bonds. The molecule has 0 unspecified atom stereocenters. The number of phenolic OH excluding ortho intramolecular Hbond substituents is 1. The monoisotopic (exact) mass is 251 g/mol. The molecule has 1 rings (SSSR count). The molecule has 1 aromatic rings. The Labute approximate surface area is 103 Å². The first-order valence-corrected chi connectivity index (χ1v) is 4.94. The van der Waals surface area contributed by atoms with E-state index in [9.17, 15) is 15.2 Å². The van der Waals surface area contributed by atoms with Crippen LogP contribution < -0.4 is 11.5 Å². The Morgan fingerprint density at radius 3 is 2.61 bits per heavy atom. The third kappa shape index (κ3) is 2.73. The Hall–Kier alpha value is -2.64. The van der Waals surface area contributed by atoms with Crippen LogP contribution in [0.3, 0.4) is 0 Å². The van der Waals surface area contributed by atoms with Gasteiger partial charge in [-0.3, -0.25) is 10.1 Å².